The molecule has 0 saturated heterocycles. The summed E-state index contributed by atoms with van der Waals surface area (Å²) in [4.78, 5) is 10.9. The number of hydrogen-bond acceptors (Lipinski definition) is 6. The molecule has 208 valence electrons. The average Bonchev–Trinajstić information content (AvgIpc) is 2.82. The number of carbonyl (C=O) groups is 1. The monoisotopic (exact) mass is 689 g/mol. The van der Waals surface area contributed by atoms with Gasteiger partial charge in [0.25, 0.3) is 19.1 Å². The van der Waals surface area contributed by atoms with Crippen molar-refractivity contribution in [1.82, 2.24) is 0 Å². The van der Waals surface area contributed by atoms with Crippen molar-refractivity contribution in [3.8, 4) is 11.8 Å². The van der Waals surface area contributed by atoms with E-state index in [-0.39, 0.29) is 44.3 Å². The Hall–Kier alpha value is -1.87. The molecule has 3 aromatic carbocycles. The van der Waals surface area contributed by atoms with Crippen LogP contribution in [0.1, 0.15) is 18.4 Å². The molecule has 0 aliphatic carbocycles. The SMILES string of the molecule is COC(=O)CCC#Cc1cc(Cl)ccc1NS(=O)(=O)c1ccc(Cl)cc1Cl.O=S(=O)(Cl)c1ccc(Cl)cc1Cl. The van der Waals surface area contributed by atoms with Crippen LogP contribution in [-0.4, -0.2) is 29.9 Å². The largest absolute Gasteiger partial charge is 0.469 e. The lowest BCUT2D eigenvalue weighted by atomic mass is 10.2. The van der Waals surface area contributed by atoms with Crippen LogP contribution >= 0.6 is 68.7 Å². The van der Waals surface area contributed by atoms with E-state index in [2.05, 4.69) is 21.3 Å². The molecule has 0 heterocycles. The van der Waals surface area contributed by atoms with Crippen LogP contribution in [0, 0.1) is 11.8 Å². The van der Waals surface area contributed by atoms with Gasteiger partial charge in [0.15, 0.2) is 0 Å². The van der Waals surface area contributed by atoms with Crippen molar-refractivity contribution in [2.24, 2.45) is 0 Å². The summed E-state index contributed by atoms with van der Waals surface area (Å²) < 4.78 is 53.9. The van der Waals surface area contributed by atoms with Gasteiger partial charge in [0.2, 0.25) is 0 Å². The molecule has 0 aliphatic rings. The van der Waals surface area contributed by atoms with E-state index in [1.54, 1.807) is 0 Å². The number of methoxy groups -OCH3 is 1. The molecule has 7 nitrogen and oxygen atoms in total. The van der Waals surface area contributed by atoms with E-state index in [1.165, 1.54) is 61.7 Å². The van der Waals surface area contributed by atoms with Crippen molar-refractivity contribution >= 4 is 99.4 Å². The molecule has 0 bridgehead atoms. The molecule has 0 unspecified atom stereocenters. The lowest BCUT2D eigenvalue weighted by molar-refractivity contribution is -0.140. The molecule has 39 heavy (non-hydrogen) atoms. The zero-order valence-electron chi connectivity index (χ0n) is 19.6. The summed E-state index contributed by atoms with van der Waals surface area (Å²) in [7, 11) is -1.38. The Kier molecular flexibility index (Phi) is 12.5. The van der Waals surface area contributed by atoms with E-state index >= 15 is 0 Å². The maximum atomic E-state index is 12.6. The van der Waals surface area contributed by atoms with Gasteiger partial charge in [-0.3, -0.25) is 9.52 Å². The summed E-state index contributed by atoms with van der Waals surface area (Å²) >= 11 is 28.9. The maximum absolute atomic E-state index is 12.6. The normalized spacial score (nSPS) is 10.9. The minimum absolute atomic E-state index is 0.00493. The number of ether oxygens (including phenoxy) is 1. The molecule has 1 N–H and O–H groups in total. The fourth-order valence-corrected chi connectivity index (χ4v) is 6.48. The van der Waals surface area contributed by atoms with Crippen LogP contribution in [0.4, 0.5) is 5.69 Å². The lowest BCUT2D eigenvalue weighted by Gasteiger charge is -2.11. The first-order valence-corrected chi connectivity index (χ1v) is 16.0. The summed E-state index contributed by atoms with van der Waals surface area (Å²) in [5, 5.41) is 1.10. The Morgan fingerprint density at radius 3 is 1.85 bits per heavy atom. The number of benzene rings is 3. The zero-order valence-corrected chi connectivity index (χ0v) is 25.8. The van der Waals surface area contributed by atoms with E-state index in [0.29, 0.717) is 20.6 Å². The van der Waals surface area contributed by atoms with Gasteiger partial charge in [-0.15, -0.1) is 0 Å². The summed E-state index contributed by atoms with van der Waals surface area (Å²) in [6, 6.07) is 12.6. The minimum atomic E-state index is -3.97. The van der Waals surface area contributed by atoms with Crippen molar-refractivity contribution in [2.75, 3.05) is 11.8 Å². The maximum Gasteiger partial charge on any atom is 0.306 e. The highest BCUT2D eigenvalue weighted by Gasteiger charge is 2.19. The number of sulfonamides is 1. The summed E-state index contributed by atoms with van der Waals surface area (Å²) in [5.74, 6) is 5.22. The molecule has 15 heteroatoms. The molecule has 0 spiro atoms. The van der Waals surface area contributed by atoms with Crippen LogP contribution in [0.3, 0.4) is 0 Å². The molecule has 0 radical (unpaired) electrons. The smallest absolute Gasteiger partial charge is 0.306 e. The molecule has 0 atom stereocenters. The Bertz CT molecular complexity index is 1650. The molecule has 3 aromatic rings. The van der Waals surface area contributed by atoms with Crippen LogP contribution in [0.25, 0.3) is 0 Å². The summed E-state index contributed by atoms with van der Waals surface area (Å²) in [6.07, 6.45) is 0.389. The summed E-state index contributed by atoms with van der Waals surface area (Å²) in [6.45, 7) is 0. The van der Waals surface area contributed by atoms with Crippen LogP contribution in [0.15, 0.2) is 64.4 Å². The topological polar surface area (TPSA) is 107 Å². The third kappa shape index (κ3) is 10.6. The van der Waals surface area contributed by atoms with Crippen molar-refractivity contribution < 1.29 is 26.4 Å². The van der Waals surface area contributed by atoms with Gasteiger partial charge >= 0.3 is 5.97 Å². The van der Waals surface area contributed by atoms with Gasteiger partial charge in [0.1, 0.15) is 9.79 Å². The highest BCUT2D eigenvalue weighted by Crippen LogP contribution is 2.29. The van der Waals surface area contributed by atoms with Crippen LogP contribution in [0.2, 0.25) is 25.1 Å². The number of nitrogens with one attached hydrogen (secondary N) is 1. The number of halogens is 6. The van der Waals surface area contributed by atoms with Crippen LogP contribution in [0.5, 0.6) is 0 Å². The fourth-order valence-electron chi connectivity index (χ4n) is 2.70. The average molecular weight is 692 g/mol. The molecule has 3 rings (SSSR count). The predicted octanol–water partition coefficient (Wildman–Crippen LogP) is 7.67. The van der Waals surface area contributed by atoms with E-state index in [9.17, 15) is 21.6 Å². The lowest BCUT2D eigenvalue weighted by Crippen LogP contribution is -2.14. The first-order chi connectivity index (χ1) is 18.1. The third-order valence-electron chi connectivity index (χ3n) is 4.47. The molecular weight excluding hydrogens is 675 g/mol. The van der Waals surface area contributed by atoms with Gasteiger partial charge in [-0.2, -0.15) is 0 Å². The van der Waals surface area contributed by atoms with Gasteiger partial charge in [-0.1, -0.05) is 69.8 Å². The Balaban J connectivity index is 0.000000370. The van der Waals surface area contributed by atoms with Crippen LogP contribution in [-0.2, 0) is 28.6 Å². The van der Waals surface area contributed by atoms with Crippen molar-refractivity contribution in [3.05, 3.63) is 85.3 Å². The Morgan fingerprint density at radius 1 is 0.821 bits per heavy atom. The highest BCUT2D eigenvalue weighted by atomic mass is 35.7. The van der Waals surface area contributed by atoms with Gasteiger partial charge < -0.3 is 4.74 Å². The van der Waals surface area contributed by atoms with Crippen molar-refractivity contribution in [3.63, 3.8) is 0 Å². The number of hydrogen-bond donors (Lipinski definition) is 1. The first-order valence-electron chi connectivity index (χ1n) is 10.4. The zero-order chi connectivity index (χ0) is 29.4. The van der Waals surface area contributed by atoms with Gasteiger partial charge in [0.05, 0.1) is 34.8 Å². The minimum Gasteiger partial charge on any atom is -0.469 e. The molecule has 0 saturated carbocycles. The van der Waals surface area contributed by atoms with E-state index in [4.69, 9.17) is 68.7 Å². The molecule has 0 fully saturated rings. The quantitative estimate of drug-likeness (QED) is 0.162. The second kappa shape index (κ2) is 14.7. The highest BCUT2D eigenvalue weighted by molar-refractivity contribution is 8.13. The second-order valence-electron chi connectivity index (χ2n) is 7.26. The molecule has 0 amide bonds. The molecule has 0 aromatic heterocycles. The van der Waals surface area contributed by atoms with Gasteiger partial charge in [-0.25, -0.2) is 16.8 Å². The van der Waals surface area contributed by atoms with Gasteiger partial charge in [0, 0.05) is 32.2 Å². The number of anilines is 1. The van der Waals surface area contributed by atoms with Gasteiger partial charge in [-0.05, 0) is 54.6 Å². The number of esters is 1. The standard InChI is InChI=1S/C18H14Cl3NO4S.C6H3Cl3O2S/c1-26-18(23)5-3-2-4-12-10-13(19)6-8-16(12)22-27(24,25)17-9-7-14(20)11-15(17)21;7-4-1-2-6(5(8)3-4)12(9,10)11/h6-11,22H,3,5H2,1H3;1-3H. The van der Waals surface area contributed by atoms with E-state index in [0.717, 1.165) is 0 Å². The van der Waals surface area contributed by atoms with Crippen LogP contribution < -0.4 is 4.72 Å². The Morgan fingerprint density at radius 2 is 1.33 bits per heavy atom. The predicted molar refractivity (Wildman–Crippen MR) is 156 cm³/mol. The fraction of sp³-hybridized carbons (Fsp3) is 0.125. The number of carbonyl (C=O) groups excluding carboxylic acids is 1. The Labute approximate surface area is 255 Å². The number of rotatable bonds is 6. The van der Waals surface area contributed by atoms with E-state index < -0.39 is 19.1 Å². The summed E-state index contributed by atoms with van der Waals surface area (Å²) in [5.41, 5.74) is 0.594. The third-order valence-corrected chi connectivity index (χ3v) is 8.83. The van der Waals surface area contributed by atoms with E-state index in [1.807, 2.05) is 0 Å². The van der Waals surface area contributed by atoms with Crippen molar-refractivity contribution in [2.45, 2.75) is 22.6 Å². The second-order valence-corrected chi connectivity index (χ2v) is 13.6. The molecule has 0 aliphatic heterocycles. The first kappa shape index (κ1) is 33.3. The molecular formula is C24H17Cl6NO6S2. The van der Waals surface area contributed by atoms with Crippen molar-refractivity contribution in [1.29, 1.82) is 0 Å².